The number of aliphatic hydroxyl groups excluding tert-OH is 7. The van der Waals surface area contributed by atoms with E-state index in [0.29, 0.717) is 0 Å². The van der Waals surface area contributed by atoms with Gasteiger partial charge >= 0.3 is 0 Å². The molecule has 0 aromatic heterocycles. The lowest BCUT2D eigenvalue weighted by atomic mass is 9.95. The summed E-state index contributed by atoms with van der Waals surface area (Å²) in [4.78, 5) is 11.4. The first-order valence-electron chi connectivity index (χ1n) is 8.06. The van der Waals surface area contributed by atoms with Gasteiger partial charge in [0.1, 0.15) is 48.8 Å². The van der Waals surface area contributed by atoms with E-state index in [0.717, 1.165) is 6.92 Å². The van der Waals surface area contributed by atoms with Crippen molar-refractivity contribution in [2.75, 3.05) is 13.2 Å². The predicted octanol–water partition coefficient (Wildman–Crippen LogP) is -5.25. The van der Waals surface area contributed by atoms with Crippen LogP contribution in [0.5, 0.6) is 0 Å². The summed E-state index contributed by atoms with van der Waals surface area (Å²) in [6.45, 7) is -0.194. The molecule has 0 saturated carbocycles. The molecule has 0 aliphatic carbocycles. The SMILES string of the molecule is CC(=O)N[C@H]1[C@@H](O[C@@H]2[C@H](O)[C@@H](O)[C@H](O)O[C@@H]2CO)O[C@H](CO)[C@@H](O)[C@@H]1O. The molecule has 10 atom stereocenters. The molecule has 12 heteroatoms. The van der Waals surface area contributed by atoms with Crippen LogP contribution in [0, 0.1) is 0 Å². The standard InChI is InChI=1S/C14H25NO11/c1-4(18)15-7-9(20)8(19)5(2-16)25-14(7)26-12-6(3-17)24-13(23)11(22)10(12)21/h5-14,16-17,19-23H,2-3H2,1H3,(H,15,18)/t5-,6-,7-,8-,9-,10-,11-,12+,13-,14-/m1/s1. The lowest BCUT2D eigenvalue weighted by Gasteiger charge is -2.46. The minimum atomic E-state index is -1.75. The Labute approximate surface area is 148 Å². The second kappa shape index (κ2) is 8.84. The normalized spacial score (nSPS) is 46.8. The number of carbonyl (C=O) groups is 1. The molecule has 2 fully saturated rings. The second-order valence-electron chi connectivity index (χ2n) is 6.26. The van der Waals surface area contributed by atoms with E-state index in [-0.39, 0.29) is 0 Å². The summed E-state index contributed by atoms with van der Waals surface area (Å²) in [6, 6.07) is -1.28. The zero-order chi connectivity index (χ0) is 19.6. The maximum Gasteiger partial charge on any atom is 0.217 e. The molecule has 2 aliphatic heterocycles. The van der Waals surface area contributed by atoms with E-state index in [1.54, 1.807) is 0 Å². The van der Waals surface area contributed by atoms with Gasteiger partial charge in [0.05, 0.1) is 13.2 Å². The van der Waals surface area contributed by atoms with Crippen molar-refractivity contribution in [1.29, 1.82) is 0 Å². The zero-order valence-electron chi connectivity index (χ0n) is 14.0. The van der Waals surface area contributed by atoms with Gasteiger partial charge in [-0.15, -0.1) is 0 Å². The van der Waals surface area contributed by atoms with Crippen LogP contribution >= 0.6 is 0 Å². The van der Waals surface area contributed by atoms with Crippen LogP contribution in [0.1, 0.15) is 6.92 Å². The van der Waals surface area contributed by atoms with Gasteiger partial charge in [0, 0.05) is 6.92 Å². The van der Waals surface area contributed by atoms with Crippen molar-refractivity contribution in [3.05, 3.63) is 0 Å². The molecule has 2 aliphatic rings. The molecule has 1 amide bonds. The number of nitrogens with one attached hydrogen (secondary N) is 1. The van der Waals surface area contributed by atoms with Crippen molar-refractivity contribution in [3.63, 3.8) is 0 Å². The van der Waals surface area contributed by atoms with Crippen molar-refractivity contribution in [1.82, 2.24) is 5.32 Å². The lowest BCUT2D eigenvalue weighted by molar-refractivity contribution is -0.341. The molecule has 0 radical (unpaired) electrons. The minimum Gasteiger partial charge on any atom is -0.394 e. The fourth-order valence-corrected chi connectivity index (χ4v) is 2.98. The van der Waals surface area contributed by atoms with E-state index >= 15 is 0 Å². The fraction of sp³-hybridized carbons (Fsp3) is 0.929. The summed E-state index contributed by atoms with van der Waals surface area (Å²) in [6.07, 6.45) is -13.6. The highest BCUT2D eigenvalue weighted by Gasteiger charge is 2.50. The smallest absolute Gasteiger partial charge is 0.217 e. The van der Waals surface area contributed by atoms with Crippen LogP contribution in [-0.4, -0.2) is 116 Å². The maximum absolute atomic E-state index is 11.4. The van der Waals surface area contributed by atoms with Crippen molar-refractivity contribution in [2.45, 2.75) is 68.3 Å². The molecule has 2 rings (SSSR count). The van der Waals surface area contributed by atoms with Gasteiger partial charge in [0.15, 0.2) is 12.6 Å². The van der Waals surface area contributed by atoms with Gasteiger partial charge in [-0.2, -0.15) is 0 Å². The molecule has 26 heavy (non-hydrogen) atoms. The third-order valence-electron chi connectivity index (χ3n) is 4.38. The number of rotatable bonds is 5. The first-order chi connectivity index (χ1) is 12.2. The summed E-state index contributed by atoms with van der Waals surface area (Å²) in [7, 11) is 0. The molecular weight excluding hydrogens is 358 g/mol. The third-order valence-corrected chi connectivity index (χ3v) is 4.38. The molecule has 2 heterocycles. The first kappa shape index (κ1) is 21.4. The Bertz CT molecular complexity index is 478. The average Bonchev–Trinajstić information content (AvgIpc) is 2.60. The largest absolute Gasteiger partial charge is 0.394 e. The van der Waals surface area contributed by atoms with Crippen molar-refractivity contribution >= 4 is 5.91 Å². The summed E-state index contributed by atoms with van der Waals surface area (Å²) in [5, 5.41) is 70.5. The average molecular weight is 383 g/mol. The lowest BCUT2D eigenvalue weighted by Crippen LogP contribution is -2.67. The fourth-order valence-electron chi connectivity index (χ4n) is 2.98. The van der Waals surface area contributed by atoms with E-state index in [1.807, 2.05) is 0 Å². The van der Waals surface area contributed by atoms with Crippen LogP contribution in [0.2, 0.25) is 0 Å². The second-order valence-corrected chi connectivity index (χ2v) is 6.26. The number of carbonyl (C=O) groups excluding carboxylic acids is 1. The number of hydrogen-bond acceptors (Lipinski definition) is 11. The maximum atomic E-state index is 11.4. The van der Waals surface area contributed by atoms with E-state index in [9.17, 15) is 40.5 Å². The number of ether oxygens (including phenoxy) is 3. The molecule has 2 saturated heterocycles. The molecule has 0 spiro atoms. The van der Waals surface area contributed by atoms with Gasteiger partial charge in [-0.25, -0.2) is 0 Å². The van der Waals surface area contributed by atoms with Gasteiger partial charge < -0.3 is 55.3 Å². The Kier molecular flexibility index (Phi) is 7.27. The van der Waals surface area contributed by atoms with E-state index < -0.39 is 80.5 Å². The summed E-state index contributed by atoms with van der Waals surface area (Å²) in [5.74, 6) is -0.574. The van der Waals surface area contributed by atoms with Gasteiger partial charge in [-0.1, -0.05) is 0 Å². The molecule has 12 nitrogen and oxygen atoms in total. The third kappa shape index (κ3) is 4.31. The summed E-state index contributed by atoms with van der Waals surface area (Å²) < 4.78 is 15.8. The van der Waals surface area contributed by atoms with E-state index in [4.69, 9.17) is 14.2 Å². The molecule has 152 valence electrons. The Morgan fingerprint density at radius 1 is 0.923 bits per heavy atom. The Hall–Kier alpha value is -0.930. The molecule has 0 aromatic carbocycles. The molecule has 0 aromatic rings. The molecular formula is C14H25NO11. The number of aliphatic hydroxyl groups is 7. The van der Waals surface area contributed by atoms with Crippen LogP contribution < -0.4 is 5.32 Å². The minimum absolute atomic E-state index is 0.574. The van der Waals surface area contributed by atoms with Gasteiger partial charge in [-0.05, 0) is 0 Å². The van der Waals surface area contributed by atoms with E-state index in [1.165, 1.54) is 0 Å². The van der Waals surface area contributed by atoms with Crippen LogP contribution in [0.3, 0.4) is 0 Å². The molecule has 0 bridgehead atoms. The summed E-state index contributed by atoms with van der Waals surface area (Å²) >= 11 is 0. The Balaban J connectivity index is 2.22. The number of hydrogen-bond donors (Lipinski definition) is 8. The summed E-state index contributed by atoms with van der Waals surface area (Å²) in [5.41, 5.74) is 0. The Morgan fingerprint density at radius 3 is 2.08 bits per heavy atom. The topological polar surface area (TPSA) is 198 Å². The predicted molar refractivity (Wildman–Crippen MR) is 80.2 cm³/mol. The highest BCUT2D eigenvalue weighted by molar-refractivity contribution is 5.73. The van der Waals surface area contributed by atoms with Crippen molar-refractivity contribution < 1.29 is 54.8 Å². The van der Waals surface area contributed by atoms with Gasteiger partial charge in [0.25, 0.3) is 0 Å². The molecule has 8 N–H and O–H groups in total. The number of amides is 1. The monoisotopic (exact) mass is 383 g/mol. The van der Waals surface area contributed by atoms with Gasteiger partial charge in [-0.3, -0.25) is 4.79 Å². The van der Waals surface area contributed by atoms with Crippen molar-refractivity contribution in [2.24, 2.45) is 0 Å². The van der Waals surface area contributed by atoms with Crippen LogP contribution in [0.25, 0.3) is 0 Å². The first-order valence-corrected chi connectivity index (χ1v) is 8.06. The molecule has 0 unspecified atom stereocenters. The van der Waals surface area contributed by atoms with Crippen LogP contribution in [0.15, 0.2) is 0 Å². The van der Waals surface area contributed by atoms with E-state index in [2.05, 4.69) is 5.32 Å². The Morgan fingerprint density at radius 2 is 1.54 bits per heavy atom. The van der Waals surface area contributed by atoms with Gasteiger partial charge in [0.2, 0.25) is 5.91 Å². The highest BCUT2D eigenvalue weighted by atomic mass is 16.7. The van der Waals surface area contributed by atoms with Crippen LogP contribution in [-0.2, 0) is 19.0 Å². The van der Waals surface area contributed by atoms with Crippen LogP contribution in [0.4, 0.5) is 0 Å². The zero-order valence-corrected chi connectivity index (χ0v) is 14.0. The highest BCUT2D eigenvalue weighted by Crippen LogP contribution is 2.28. The van der Waals surface area contributed by atoms with Crippen molar-refractivity contribution in [3.8, 4) is 0 Å². The quantitative estimate of drug-likeness (QED) is 0.226.